The first-order valence-electron chi connectivity index (χ1n) is 5.23. The number of hydrogen-bond acceptors (Lipinski definition) is 5. The average Bonchev–Trinajstić information content (AvgIpc) is 2.34. The maximum Gasteiger partial charge on any atom is 0.302 e. The first-order chi connectivity index (χ1) is 8.22. The Kier molecular flexibility index (Phi) is 6.17. The highest BCUT2D eigenvalue weighted by Crippen LogP contribution is 2.10. The van der Waals surface area contributed by atoms with E-state index in [-0.39, 0.29) is 5.97 Å². The zero-order valence-electron chi connectivity index (χ0n) is 9.63. The Balaban J connectivity index is 2.33. The molecule has 0 radical (unpaired) electrons. The molecule has 0 spiro atoms. The van der Waals surface area contributed by atoms with Crippen LogP contribution in [0.15, 0.2) is 35.5 Å². The Morgan fingerprint density at radius 2 is 2.12 bits per heavy atom. The third-order valence-corrected chi connectivity index (χ3v) is 2.90. The molecule has 0 heterocycles. The molecule has 0 aliphatic carbocycles. The summed E-state index contributed by atoms with van der Waals surface area (Å²) in [6.07, 6.45) is 0.585. The number of carbonyl (C=O) groups is 1. The molecular weight excluding hydrogens is 238 g/mol. The minimum absolute atomic E-state index is 0.295. The predicted octanol–water partition coefficient (Wildman–Crippen LogP) is 2.31. The topological polar surface area (TPSA) is 58.9 Å². The molecule has 0 aliphatic rings. The fourth-order valence-corrected chi connectivity index (χ4v) is 1.96. The van der Waals surface area contributed by atoms with Gasteiger partial charge in [0.25, 0.3) is 0 Å². The molecule has 0 atom stereocenters. The van der Waals surface area contributed by atoms with Crippen molar-refractivity contribution in [2.24, 2.45) is 5.16 Å². The highest BCUT2D eigenvalue weighted by Gasteiger charge is 2.03. The van der Waals surface area contributed by atoms with E-state index in [9.17, 15) is 4.79 Å². The summed E-state index contributed by atoms with van der Waals surface area (Å²) in [6.45, 7) is 1.70. The SMILES string of the molecule is CC(=O)OCCS/C(Cc1ccccc1)=N\O. The standard InChI is InChI=1S/C12H15NO3S/c1-10(14)16-7-8-17-12(13-15)9-11-5-3-2-4-6-11/h2-6,15H,7-9H2,1H3/b13-12-. The highest BCUT2D eigenvalue weighted by atomic mass is 32.2. The zero-order valence-corrected chi connectivity index (χ0v) is 10.4. The van der Waals surface area contributed by atoms with E-state index in [4.69, 9.17) is 9.94 Å². The third kappa shape index (κ3) is 5.97. The lowest BCUT2D eigenvalue weighted by Crippen LogP contribution is -2.06. The molecule has 1 N–H and O–H groups in total. The Labute approximate surface area is 105 Å². The van der Waals surface area contributed by atoms with Gasteiger partial charge in [-0.3, -0.25) is 4.79 Å². The molecule has 4 nitrogen and oxygen atoms in total. The first kappa shape index (κ1) is 13.6. The van der Waals surface area contributed by atoms with E-state index in [0.717, 1.165) is 5.56 Å². The van der Waals surface area contributed by atoms with Crippen LogP contribution < -0.4 is 0 Å². The normalized spacial score (nSPS) is 11.2. The second-order valence-electron chi connectivity index (χ2n) is 3.34. The molecule has 0 saturated carbocycles. The van der Waals surface area contributed by atoms with E-state index in [2.05, 4.69) is 5.16 Å². The number of rotatable bonds is 5. The molecule has 0 amide bonds. The second-order valence-corrected chi connectivity index (χ2v) is 4.51. The van der Waals surface area contributed by atoms with Crippen LogP contribution in [0.1, 0.15) is 12.5 Å². The van der Waals surface area contributed by atoms with Crippen LogP contribution >= 0.6 is 11.8 Å². The van der Waals surface area contributed by atoms with Gasteiger partial charge in [0.1, 0.15) is 11.7 Å². The second kappa shape index (κ2) is 7.73. The van der Waals surface area contributed by atoms with E-state index >= 15 is 0 Å². The van der Waals surface area contributed by atoms with Gasteiger partial charge in [0.05, 0.1) is 0 Å². The summed E-state index contributed by atoms with van der Waals surface area (Å²) in [6, 6.07) is 9.75. The Morgan fingerprint density at radius 3 is 2.71 bits per heavy atom. The average molecular weight is 253 g/mol. The summed E-state index contributed by atoms with van der Waals surface area (Å²) in [7, 11) is 0. The molecule has 92 valence electrons. The van der Waals surface area contributed by atoms with Crippen molar-refractivity contribution in [2.75, 3.05) is 12.4 Å². The third-order valence-electron chi connectivity index (χ3n) is 1.97. The number of hydrogen-bond donors (Lipinski definition) is 1. The smallest absolute Gasteiger partial charge is 0.302 e. The van der Waals surface area contributed by atoms with Crippen LogP contribution in [0.2, 0.25) is 0 Å². The summed E-state index contributed by atoms with van der Waals surface area (Å²) >= 11 is 1.38. The fraction of sp³-hybridized carbons (Fsp3) is 0.333. The molecule has 5 heteroatoms. The van der Waals surface area contributed by atoms with E-state index in [1.54, 1.807) is 0 Å². The van der Waals surface area contributed by atoms with Crippen LogP contribution in [-0.4, -0.2) is 28.6 Å². The molecular formula is C12H15NO3S. The number of benzene rings is 1. The van der Waals surface area contributed by atoms with E-state index in [1.165, 1.54) is 18.7 Å². The van der Waals surface area contributed by atoms with Crippen LogP contribution in [-0.2, 0) is 16.0 Å². The molecule has 0 saturated heterocycles. The summed E-state index contributed by atoms with van der Waals surface area (Å²) in [5.41, 5.74) is 1.08. The van der Waals surface area contributed by atoms with E-state index in [0.29, 0.717) is 23.8 Å². The summed E-state index contributed by atoms with van der Waals surface area (Å²) in [5.74, 6) is 0.294. The van der Waals surface area contributed by atoms with Gasteiger partial charge in [0, 0.05) is 19.1 Å². The minimum Gasteiger partial charge on any atom is -0.465 e. The Hall–Kier alpha value is -1.49. The number of ether oxygens (including phenoxy) is 1. The fourth-order valence-electron chi connectivity index (χ4n) is 1.23. The van der Waals surface area contributed by atoms with Crippen LogP contribution in [0.3, 0.4) is 0 Å². The molecule has 0 aliphatic heterocycles. The monoisotopic (exact) mass is 253 g/mol. The maximum atomic E-state index is 10.5. The largest absolute Gasteiger partial charge is 0.465 e. The molecule has 1 rings (SSSR count). The Morgan fingerprint density at radius 1 is 1.41 bits per heavy atom. The molecule has 17 heavy (non-hydrogen) atoms. The number of thioether (sulfide) groups is 1. The van der Waals surface area contributed by atoms with Crippen molar-refractivity contribution in [3.8, 4) is 0 Å². The number of nitrogens with zero attached hydrogens (tertiary/aromatic N) is 1. The predicted molar refractivity (Wildman–Crippen MR) is 68.5 cm³/mol. The number of carbonyl (C=O) groups excluding carboxylic acids is 1. The van der Waals surface area contributed by atoms with Gasteiger partial charge in [-0.1, -0.05) is 35.5 Å². The number of oxime groups is 1. The summed E-state index contributed by atoms with van der Waals surface area (Å²) in [4.78, 5) is 10.5. The van der Waals surface area contributed by atoms with Crippen molar-refractivity contribution in [3.05, 3.63) is 35.9 Å². The number of esters is 1. The van der Waals surface area contributed by atoms with Crippen molar-refractivity contribution >= 4 is 22.8 Å². The highest BCUT2D eigenvalue weighted by molar-refractivity contribution is 8.13. The van der Waals surface area contributed by atoms with Crippen molar-refractivity contribution in [1.29, 1.82) is 0 Å². The quantitative estimate of drug-likeness (QED) is 0.218. The van der Waals surface area contributed by atoms with Crippen LogP contribution in [0.25, 0.3) is 0 Å². The molecule has 0 bridgehead atoms. The Bertz CT molecular complexity index is 379. The van der Waals surface area contributed by atoms with Gasteiger partial charge >= 0.3 is 5.97 Å². The molecule has 0 aromatic heterocycles. The van der Waals surface area contributed by atoms with Crippen molar-refractivity contribution < 1.29 is 14.7 Å². The van der Waals surface area contributed by atoms with Crippen LogP contribution in [0, 0.1) is 0 Å². The van der Waals surface area contributed by atoms with Gasteiger partial charge < -0.3 is 9.94 Å². The molecule has 0 unspecified atom stereocenters. The molecule has 1 aromatic rings. The van der Waals surface area contributed by atoms with Gasteiger partial charge in [-0.25, -0.2) is 0 Å². The van der Waals surface area contributed by atoms with Crippen LogP contribution in [0.5, 0.6) is 0 Å². The van der Waals surface area contributed by atoms with Crippen molar-refractivity contribution in [2.45, 2.75) is 13.3 Å². The lowest BCUT2D eigenvalue weighted by Gasteiger charge is -2.04. The first-order valence-corrected chi connectivity index (χ1v) is 6.22. The van der Waals surface area contributed by atoms with Crippen LogP contribution in [0.4, 0.5) is 0 Å². The lowest BCUT2D eigenvalue weighted by atomic mass is 10.2. The summed E-state index contributed by atoms with van der Waals surface area (Å²) < 4.78 is 4.79. The van der Waals surface area contributed by atoms with Gasteiger partial charge in [0.2, 0.25) is 0 Å². The minimum atomic E-state index is -0.295. The van der Waals surface area contributed by atoms with Crippen molar-refractivity contribution in [1.82, 2.24) is 0 Å². The molecule has 0 fully saturated rings. The maximum absolute atomic E-state index is 10.5. The summed E-state index contributed by atoms with van der Waals surface area (Å²) in [5, 5.41) is 12.7. The van der Waals surface area contributed by atoms with Gasteiger partial charge in [-0.15, -0.1) is 11.8 Å². The van der Waals surface area contributed by atoms with E-state index in [1.807, 2.05) is 30.3 Å². The zero-order chi connectivity index (χ0) is 12.5. The van der Waals surface area contributed by atoms with Gasteiger partial charge in [-0.05, 0) is 5.56 Å². The van der Waals surface area contributed by atoms with Crippen molar-refractivity contribution in [3.63, 3.8) is 0 Å². The van der Waals surface area contributed by atoms with Gasteiger partial charge in [-0.2, -0.15) is 0 Å². The van der Waals surface area contributed by atoms with Gasteiger partial charge in [0.15, 0.2) is 0 Å². The molecule has 1 aromatic carbocycles. The lowest BCUT2D eigenvalue weighted by molar-refractivity contribution is -0.140. The van der Waals surface area contributed by atoms with E-state index < -0.39 is 0 Å².